The molecule has 1 fully saturated rings. The molecule has 0 amide bonds. The summed E-state index contributed by atoms with van der Waals surface area (Å²) in [5, 5.41) is 3.27. The molecule has 88 valence electrons. The summed E-state index contributed by atoms with van der Waals surface area (Å²) in [5.74, 6) is 0.421. The maximum atomic E-state index is 12.0. The maximum Gasteiger partial charge on any atom is 0.313 e. The summed E-state index contributed by atoms with van der Waals surface area (Å²) in [4.78, 5) is 12.0. The molecule has 1 unspecified atom stereocenters. The van der Waals surface area contributed by atoms with Gasteiger partial charge in [-0.15, -0.1) is 0 Å². The Morgan fingerprint density at radius 3 is 2.73 bits per heavy atom. The van der Waals surface area contributed by atoms with Gasteiger partial charge in [-0.3, -0.25) is 4.79 Å². The molecule has 0 aromatic heterocycles. The van der Waals surface area contributed by atoms with Crippen molar-refractivity contribution in [3.63, 3.8) is 0 Å². The molecule has 1 atom stereocenters. The van der Waals surface area contributed by atoms with E-state index in [0.29, 0.717) is 12.5 Å². The second-order valence-electron chi connectivity index (χ2n) is 4.95. The largest absolute Gasteiger partial charge is 0.465 e. The third-order valence-electron chi connectivity index (χ3n) is 2.95. The Kier molecular flexibility index (Phi) is 4.58. The first-order valence-electron chi connectivity index (χ1n) is 5.98. The lowest BCUT2D eigenvalue weighted by Gasteiger charge is -2.25. The van der Waals surface area contributed by atoms with Gasteiger partial charge in [0.15, 0.2) is 0 Å². The average molecular weight is 213 g/mol. The zero-order valence-corrected chi connectivity index (χ0v) is 10.1. The molecule has 1 aliphatic heterocycles. The molecule has 1 saturated heterocycles. The maximum absolute atomic E-state index is 12.0. The molecule has 1 N–H and O–H groups in total. The third-order valence-corrected chi connectivity index (χ3v) is 2.95. The Bertz CT molecular complexity index is 208. The molecule has 3 heteroatoms. The molecule has 0 radical (unpaired) electrons. The van der Waals surface area contributed by atoms with E-state index in [0.717, 1.165) is 32.4 Å². The van der Waals surface area contributed by atoms with Gasteiger partial charge in [0, 0.05) is 6.54 Å². The molecule has 0 spiro atoms. The van der Waals surface area contributed by atoms with E-state index < -0.39 is 0 Å². The van der Waals surface area contributed by atoms with Crippen molar-refractivity contribution in [2.24, 2.45) is 11.3 Å². The quantitative estimate of drug-likeness (QED) is 0.710. The van der Waals surface area contributed by atoms with Crippen LogP contribution >= 0.6 is 0 Å². The van der Waals surface area contributed by atoms with Crippen molar-refractivity contribution in [2.75, 3.05) is 19.7 Å². The molecule has 1 rings (SSSR count). The van der Waals surface area contributed by atoms with Crippen LogP contribution in [0.25, 0.3) is 0 Å². The molecule has 0 bridgehead atoms. The van der Waals surface area contributed by atoms with E-state index in [1.807, 2.05) is 0 Å². The fourth-order valence-electron chi connectivity index (χ4n) is 2.11. The molecule has 0 aliphatic carbocycles. The highest BCUT2D eigenvalue weighted by Gasteiger charge is 2.41. The van der Waals surface area contributed by atoms with E-state index >= 15 is 0 Å². The number of carbonyl (C=O) groups excluding carboxylic acids is 1. The minimum atomic E-state index is -0.232. The molecular weight excluding hydrogens is 190 g/mol. The van der Waals surface area contributed by atoms with Gasteiger partial charge in [-0.25, -0.2) is 0 Å². The monoisotopic (exact) mass is 213 g/mol. The Labute approximate surface area is 92.6 Å². The Morgan fingerprint density at radius 2 is 2.27 bits per heavy atom. The van der Waals surface area contributed by atoms with Gasteiger partial charge in [0.2, 0.25) is 0 Å². The van der Waals surface area contributed by atoms with Crippen molar-refractivity contribution in [1.82, 2.24) is 5.32 Å². The van der Waals surface area contributed by atoms with Crippen LogP contribution in [0.15, 0.2) is 0 Å². The summed E-state index contributed by atoms with van der Waals surface area (Å²) < 4.78 is 5.36. The van der Waals surface area contributed by atoms with Gasteiger partial charge < -0.3 is 10.1 Å². The summed E-state index contributed by atoms with van der Waals surface area (Å²) in [7, 11) is 0. The minimum Gasteiger partial charge on any atom is -0.465 e. The van der Waals surface area contributed by atoms with E-state index in [1.165, 1.54) is 0 Å². The lowest BCUT2D eigenvalue weighted by atomic mass is 9.82. The number of nitrogens with one attached hydrogen (secondary N) is 1. The van der Waals surface area contributed by atoms with Crippen molar-refractivity contribution in [1.29, 1.82) is 0 Å². The molecule has 3 nitrogen and oxygen atoms in total. The van der Waals surface area contributed by atoms with Gasteiger partial charge >= 0.3 is 5.97 Å². The van der Waals surface area contributed by atoms with Crippen molar-refractivity contribution in [2.45, 2.75) is 40.0 Å². The zero-order valence-electron chi connectivity index (χ0n) is 10.1. The predicted octanol–water partition coefficient (Wildman–Crippen LogP) is 1.97. The Morgan fingerprint density at radius 1 is 1.53 bits per heavy atom. The number of hydrogen-bond acceptors (Lipinski definition) is 3. The van der Waals surface area contributed by atoms with Gasteiger partial charge in [0.25, 0.3) is 0 Å². The summed E-state index contributed by atoms with van der Waals surface area (Å²) in [5.41, 5.74) is -0.232. The smallest absolute Gasteiger partial charge is 0.313 e. The highest BCUT2D eigenvalue weighted by Crippen LogP contribution is 2.32. The van der Waals surface area contributed by atoms with Gasteiger partial charge in [0.05, 0.1) is 12.0 Å². The minimum absolute atomic E-state index is 0.00282. The van der Waals surface area contributed by atoms with Gasteiger partial charge in [-0.2, -0.15) is 0 Å². The van der Waals surface area contributed by atoms with Crippen LogP contribution in [-0.4, -0.2) is 25.7 Å². The SMILES string of the molecule is CCCC1(C(=O)OCC(C)C)CCNC1. The lowest BCUT2D eigenvalue weighted by Crippen LogP contribution is -2.35. The highest BCUT2D eigenvalue weighted by atomic mass is 16.5. The fraction of sp³-hybridized carbons (Fsp3) is 0.917. The van der Waals surface area contributed by atoms with Gasteiger partial charge in [-0.05, 0) is 25.3 Å². The summed E-state index contributed by atoms with van der Waals surface area (Å²) in [6.45, 7) is 8.52. The van der Waals surface area contributed by atoms with Gasteiger partial charge in [0.1, 0.15) is 0 Å². The first-order chi connectivity index (χ1) is 7.10. The van der Waals surface area contributed by atoms with Crippen molar-refractivity contribution in [3.8, 4) is 0 Å². The van der Waals surface area contributed by atoms with Gasteiger partial charge in [-0.1, -0.05) is 27.2 Å². The third kappa shape index (κ3) is 3.20. The van der Waals surface area contributed by atoms with E-state index in [1.54, 1.807) is 0 Å². The van der Waals surface area contributed by atoms with Crippen LogP contribution in [0.3, 0.4) is 0 Å². The number of ether oxygens (including phenoxy) is 1. The molecule has 0 aromatic rings. The molecule has 0 saturated carbocycles. The Balaban J connectivity index is 2.51. The van der Waals surface area contributed by atoms with Crippen LogP contribution in [-0.2, 0) is 9.53 Å². The van der Waals surface area contributed by atoms with E-state index in [-0.39, 0.29) is 11.4 Å². The van der Waals surface area contributed by atoms with Crippen LogP contribution in [0.2, 0.25) is 0 Å². The first kappa shape index (κ1) is 12.5. The molecule has 0 aromatic carbocycles. The second-order valence-corrected chi connectivity index (χ2v) is 4.95. The number of rotatable bonds is 5. The number of hydrogen-bond donors (Lipinski definition) is 1. The molecule has 1 heterocycles. The van der Waals surface area contributed by atoms with Crippen LogP contribution in [0.4, 0.5) is 0 Å². The van der Waals surface area contributed by atoms with Crippen molar-refractivity contribution in [3.05, 3.63) is 0 Å². The molecule has 1 aliphatic rings. The van der Waals surface area contributed by atoms with E-state index in [4.69, 9.17) is 4.74 Å². The van der Waals surface area contributed by atoms with Crippen LogP contribution in [0.1, 0.15) is 40.0 Å². The van der Waals surface area contributed by atoms with E-state index in [9.17, 15) is 4.79 Å². The topological polar surface area (TPSA) is 38.3 Å². The second kappa shape index (κ2) is 5.50. The normalized spacial score (nSPS) is 25.9. The van der Waals surface area contributed by atoms with E-state index in [2.05, 4.69) is 26.1 Å². The average Bonchev–Trinajstić information content (AvgIpc) is 2.64. The summed E-state index contributed by atoms with van der Waals surface area (Å²) in [6, 6.07) is 0. The molecule has 15 heavy (non-hydrogen) atoms. The predicted molar refractivity (Wildman–Crippen MR) is 60.6 cm³/mol. The fourth-order valence-corrected chi connectivity index (χ4v) is 2.11. The Hall–Kier alpha value is -0.570. The zero-order chi connectivity index (χ0) is 11.3. The van der Waals surface area contributed by atoms with Crippen LogP contribution in [0.5, 0.6) is 0 Å². The molecular formula is C12H23NO2. The van der Waals surface area contributed by atoms with Crippen molar-refractivity contribution >= 4 is 5.97 Å². The number of carbonyl (C=O) groups is 1. The lowest BCUT2D eigenvalue weighted by molar-refractivity contribution is -0.156. The van der Waals surface area contributed by atoms with Crippen LogP contribution in [0, 0.1) is 11.3 Å². The standard InChI is InChI=1S/C12H23NO2/c1-4-5-12(6-7-13-9-12)11(14)15-8-10(2)3/h10,13H,4-9H2,1-3H3. The van der Waals surface area contributed by atoms with Crippen molar-refractivity contribution < 1.29 is 9.53 Å². The first-order valence-corrected chi connectivity index (χ1v) is 5.98. The highest BCUT2D eigenvalue weighted by molar-refractivity contribution is 5.77. The van der Waals surface area contributed by atoms with Crippen LogP contribution < -0.4 is 5.32 Å². The number of esters is 1. The summed E-state index contributed by atoms with van der Waals surface area (Å²) in [6.07, 6.45) is 2.91. The summed E-state index contributed by atoms with van der Waals surface area (Å²) >= 11 is 0.